The third-order valence-corrected chi connectivity index (χ3v) is 5.01. The van der Waals surface area contributed by atoms with Crippen molar-refractivity contribution in [1.82, 2.24) is 9.78 Å². The first kappa shape index (κ1) is 16.9. The molecule has 0 saturated carbocycles. The first-order valence-corrected chi connectivity index (χ1v) is 9.37. The molecular formula is C16H21N3O4S. The van der Waals surface area contributed by atoms with Gasteiger partial charge >= 0.3 is 0 Å². The monoisotopic (exact) mass is 351 g/mol. The third-order valence-electron chi connectivity index (χ3n) is 4.06. The van der Waals surface area contributed by atoms with Crippen LogP contribution in [0.15, 0.2) is 35.4 Å². The molecule has 24 heavy (non-hydrogen) atoms. The van der Waals surface area contributed by atoms with Gasteiger partial charge in [0.05, 0.1) is 12.8 Å². The molecule has 1 atom stereocenters. The van der Waals surface area contributed by atoms with Crippen molar-refractivity contribution in [2.45, 2.75) is 36.8 Å². The summed E-state index contributed by atoms with van der Waals surface area (Å²) in [7, 11) is -2.25. The van der Waals surface area contributed by atoms with E-state index in [1.807, 2.05) is 24.3 Å². The minimum Gasteiger partial charge on any atom is -0.497 e. The minimum atomic E-state index is -3.85. The normalized spacial score (nSPS) is 18.5. The quantitative estimate of drug-likeness (QED) is 0.886. The first-order chi connectivity index (χ1) is 11.5. The standard InChI is InChI=1S/C16H21N3O4S/c1-22-13-7-5-12(6-8-13)10-14-15(24(17,20)21)11-19(18-14)16-4-2-3-9-23-16/h5-8,11,16H,2-4,9-10H2,1H3,(H2,17,20,21). The molecule has 0 bridgehead atoms. The number of nitrogens with two attached hydrogens (primary N) is 1. The summed E-state index contributed by atoms with van der Waals surface area (Å²) < 4.78 is 36.2. The molecule has 0 amide bonds. The van der Waals surface area contributed by atoms with E-state index < -0.39 is 10.0 Å². The molecule has 2 N–H and O–H groups in total. The lowest BCUT2D eigenvalue weighted by Crippen LogP contribution is -2.18. The van der Waals surface area contributed by atoms with Crippen LogP contribution in [-0.4, -0.2) is 31.9 Å². The van der Waals surface area contributed by atoms with Gasteiger partial charge < -0.3 is 9.47 Å². The van der Waals surface area contributed by atoms with Crippen molar-refractivity contribution in [3.05, 3.63) is 41.7 Å². The largest absolute Gasteiger partial charge is 0.497 e. The Balaban J connectivity index is 1.90. The summed E-state index contributed by atoms with van der Waals surface area (Å²) in [5, 5.41) is 9.80. The molecule has 1 unspecified atom stereocenters. The van der Waals surface area contributed by atoms with Gasteiger partial charge in [-0.25, -0.2) is 18.2 Å². The highest BCUT2D eigenvalue weighted by Gasteiger charge is 2.24. The highest BCUT2D eigenvalue weighted by molar-refractivity contribution is 7.89. The van der Waals surface area contributed by atoms with Gasteiger partial charge in [0.15, 0.2) is 0 Å². The molecule has 1 fully saturated rings. The van der Waals surface area contributed by atoms with E-state index in [0.717, 1.165) is 30.6 Å². The molecule has 8 heteroatoms. The lowest BCUT2D eigenvalue weighted by molar-refractivity contribution is -0.0397. The molecule has 1 saturated heterocycles. The van der Waals surface area contributed by atoms with Gasteiger partial charge in [-0.3, -0.25) is 0 Å². The summed E-state index contributed by atoms with van der Waals surface area (Å²) in [6, 6.07) is 7.41. The number of rotatable bonds is 5. The second-order valence-electron chi connectivity index (χ2n) is 5.81. The molecule has 3 rings (SSSR count). The molecule has 1 aliphatic rings. The van der Waals surface area contributed by atoms with E-state index in [4.69, 9.17) is 14.6 Å². The van der Waals surface area contributed by atoms with E-state index in [0.29, 0.717) is 18.7 Å². The van der Waals surface area contributed by atoms with Crippen molar-refractivity contribution in [3.8, 4) is 5.75 Å². The highest BCUT2D eigenvalue weighted by Crippen LogP contribution is 2.25. The van der Waals surface area contributed by atoms with Gasteiger partial charge in [0.2, 0.25) is 10.0 Å². The second kappa shape index (κ2) is 6.92. The molecule has 2 heterocycles. The molecule has 0 aliphatic carbocycles. The van der Waals surface area contributed by atoms with Gasteiger partial charge in [-0.05, 0) is 37.0 Å². The predicted molar refractivity (Wildman–Crippen MR) is 88.2 cm³/mol. The smallest absolute Gasteiger partial charge is 0.241 e. The number of ether oxygens (including phenoxy) is 2. The zero-order valence-corrected chi connectivity index (χ0v) is 14.3. The molecular weight excluding hydrogens is 330 g/mol. The van der Waals surface area contributed by atoms with Gasteiger partial charge in [0.1, 0.15) is 16.9 Å². The van der Waals surface area contributed by atoms with Crippen LogP contribution in [-0.2, 0) is 21.2 Å². The lowest BCUT2D eigenvalue weighted by atomic mass is 10.1. The molecule has 0 radical (unpaired) electrons. The van der Waals surface area contributed by atoms with Crippen LogP contribution in [0.2, 0.25) is 0 Å². The van der Waals surface area contributed by atoms with E-state index >= 15 is 0 Å². The van der Waals surface area contributed by atoms with Gasteiger partial charge in [-0.15, -0.1) is 0 Å². The van der Waals surface area contributed by atoms with Crippen LogP contribution in [0, 0.1) is 0 Å². The van der Waals surface area contributed by atoms with E-state index in [1.54, 1.807) is 11.8 Å². The van der Waals surface area contributed by atoms with Crippen molar-refractivity contribution in [2.24, 2.45) is 5.14 Å². The van der Waals surface area contributed by atoms with Gasteiger partial charge in [0, 0.05) is 19.2 Å². The number of methoxy groups -OCH3 is 1. The van der Waals surface area contributed by atoms with Gasteiger partial charge in [-0.1, -0.05) is 12.1 Å². The Morgan fingerprint density at radius 3 is 2.67 bits per heavy atom. The summed E-state index contributed by atoms with van der Waals surface area (Å²) in [6.45, 7) is 0.656. The average Bonchev–Trinajstić information content (AvgIpc) is 3.00. The van der Waals surface area contributed by atoms with Crippen LogP contribution in [0.3, 0.4) is 0 Å². The van der Waals surface area contributed by atoms with Crippen LogP contribution < -0.4 is 9.88 Å². The number of benzene rings is 1. The van der Waals surface area contributed by atoms with Crippen LogP contribution in [0.5, 0.6) is 5.75 Å². The number of hydrogen-bond donors (Lipinski definition) is 1. The van der Waals surface area contributed by atoms with Crippen molar-refractivity contribution in [1.29, 1.82) is 0 Å². The van der Waals surface area contributed by atoms with Gasteiger partial charge in [0.25, 0.3) is 0 Å². The molecule has 1 aromatic carbocycles. The summed E-state index contributed by atoms with van der Waals surface area (Å²) in [4.78, 5) is 0.0486. The minimum absolute atomic E-state index is 0.0486. The Morgan fingerprint density at radius 1 is 1.33 bits per heavy atom. The van der Waals surface area contributed by atoms with Crippen molar-refractivity contribution in [3.63, 3.8) is 0 Å². The molecule has 1 aromatic heterocycles. The van der Waals surface area contributed by atoms with Gasteiger partial charge in [-0.2, -0.15) is 5.10 Å². The lowest BCUT2D eigenvalue weighted by Gasteiger charge is -2.22. The number of aromatic nitrogens is 2. The zero-order valence-electron chi connectivity index (χ0n) is 13.5. The van der Waals surface area contributed by atoms with Crippen LogP contribution in [0.1, 0.15) is 36.7 Å². The van der Waals surface area contributed by atoms with E-state index in [9.17, 15) is 8.42 Å². The fourth-order valence-electron chi connectivity index (χ4n) is 2.79. The van der Waals surface area contributed by atoms with E-state index in [1.165, 1.54) is 6.20 Å². The number of hydrogen-bond acceptors (Lipinski definition) is 5. The van der Waals surface area contributed by atoms with Crippen LogP contribution in [0.25, 0.3) is 0 Å². The summed E-state index contributed by atoms with van der Waals surface area (Å²) in [6.07, 6.45) is 4.47. The molecule has 1 aliphatic heterocycles. The fraction of sp³-hybridized carbons (Fsp3) is 0.438. The SMILES string of the molecule is COc1ccc(Cc2nn(C3CCCCO3)cc2S(N)(=O)=O)cc1. The topological polar surface area (TPSA) is 96.4 Å². The van der Waals surface area contributed by atoms with E-state index in [-0.39, 0.29) is 11.1 Å². The van der Waals surface area contributed by atoms with Crippen molar-refractivity contribution in [2.75, 3.05) is 13.7 Å². The Morgan fingerprint density at radius 2 is 2.08 bits per heavy atom. The Bertz CT molecular complexity index is 793. The first-order valence-electron chi connectivity index (χ1n) is 7.83. The fourth-order valence-corrected chi connectivity index (χ4v) is 3.49. The van der Waals surface area contributed by atoms with Crippen molar-refractivity contribution < 1.29 is 17.9 Å². The predicted octanol–water partition coefficient (Wildman–Crippen LogP) is 1.83. The molecule has 130 valence electrons. The summed E-state index contributed by atoms with van der Waals surface area (Å²) >= 11 is 0. The maximum absolute atomic E-state index is 11.9. The Labute approximate surface area is 141 Å². The molecule has 7 nitrogen and oxygen atoms in total. The second-order valence-corrected chi connectivity index (χ2v) is 7.34. The summed E-state index contributed by atoms with van der Waals surface area (Å²) in [5.41, 5.74) is 1.35. The number of sulfonamides is 1. The van der Waals surface area contributed by atoms with Crippen LogP contribution >= 0.6 is 0 Å². The molecule has 0 spiro atoms. The number of nitrogens with zero attached hydrogens (tertiary/aromatic N) is 2. The highest BCUT2D eigenvalue weighted by atomic mass is 32.2. The maximum atomic E-state index is 11.9. The van der Waals surface area contributed by atoms with Crippen LogP contribution in [0.4, 0.5) is 0 Å². The van der Waals surface area contributed by atoms with E-state index in [2.05, 4.69) is 5.10 Å². The Hall–Kier alpha value is -1.90. The average molecular weight is 351 g/mol. The summed E-state index contributed by atoms with van der Waals surface area (Å²) in [5.74, 6) is 0.742. The number of primary sulfonamides is 1. The van der Waals surface area contributed by atoms with Crippen molar-refractivity contribution >= 4 is 10.0 Å². The maximum Gasteiger partial charge on any atom is 0.241 e. The third kappa shape index (κ3) is 3.77. The zero-order chi connectivity index (χ0) is 17.2. The molecule has 2 aromatic rings. The Kier molecular flexibility index (Phi) is 4.88.